The molecule has 0 spiro atoms. The monoisotopic (exact) mass is 229 g/mol. The van der Waals surface area contributed by atoms with E-state index in [0.717, 1.165) is 32.6 Å². The summed E-state index contributed by atoms with van der Waals surface area (Å²) in [4.78, 5) is 13.3. The summed E-state index contributed by atoms with van der Waals surface area (Å²) in [5.74, 6) is -1.13. The number of carbonyl (C=O) groups is 1. The molecule has 0 saturated carbocycles. The molecule has 0 bridgehead atoms. The first kappa shape index (κ1) is 11.8. The van der Waals surface area contributed by atoms with Crippen LogP contribution in [0, 0.1) is 5.92 Å². The third kappa shape index (κ3) is 2.93. The van der Waals surface area contributed by atoms with Crippen LogP contribution in [-0.2, 0) is 14.3 Å². The van der Waals surface area contributed by atoms with Crippen LogP contribution >= 0.6 is 0 Å². The number of ether oxygens (including phenoxy) is 2. The van der Waals surface area contributed by atoms with E-state index in [-0.39, 0.29) is 5.92 Å². The smallest absolute Gasteiger partial charge is 0.310 e. The molecule has 2 saturated heterocycles. The molecular formula is C11H19NO4. The lowest BCUT2D eigenvalue weighted by atomic mass is 10.0. The highest BCUT2D eigenvalue weighted by Gasteiger charge is 2.29. The molecule has 1 atom stereocenters. The molecule has 0 amide bonds. The van der Waals surface area contributed by atoms with Crippen LogP contribution < -0.4 is 0 Å². The highest BCUT2D eigenvalue weighted by Crippen LogP contribution is 2.18. The molecule has 2 aliphatic heterocycles. The Labute approximate surface area is 95.3 Å². The largest absolute Gasteiger partial charge is 0.481 e. The number of carboxylic acids is 1. The van der Waals surface area contributed by atoms with Gasteiger partial charge in [0.2, 0.25) is 0 Å². The normalized spacial score (nSPS) is 29.9. The minimum atomic E-state index is -0.751. The maximum absolute atomic E-state index is 11.0. The van der Waals surface area contributed by atoms with Crippen molar-refractivity contribution in [2.75, 3.05) is 39.5 Å². The summed E-state index contributed by atoms with van der Waals surface area (Å²) in [5, 5.41) is 9.05. The molecule has 16 heavy (non-hydrogen) atoms. The molecule has 1 unspecified atom stereocenters. The van der Waals surface area contributed by atoms with Crippen molar-refractivity contribution >= 4 is 5.97 Å². The molecule has 2 heterocycles. The first-order chi connectivity index (χ1) is 7.77. The van der Waals surface area contributed by atoms with Crippen molar-refractivity contribution in [2.24, 2.45) is 5.92 Å². The lowest BCUT2D eigenvalue weighted by Crippen LogP contribution is -2.43. The molecule has 0 aliphatic carbocycles. The van der Waals surface area contributed by atoms with Crippen molar-refractivity contribution in [1.82, 2.24) is 4.90 Å². The molecular weight excluding hydrogens is 210 g/mol. The Hall–Kier alpha value is -0.650. The Balaban J connectivity index is 1.93. The number of hydrogen-bond acceptors (Lipinski definition) is 4. The molecule has 0 aromatic heterocycles. The predicted octanol–water partition coefficient (Wildman–Crippen LogP) is 0.198. The van der Waals surface area contributed by atoms with E-state index in [0.29, 0.717) is 25.8 Å². The van der Waals surface area contributed by atoms with Crippen LogP contribution in [0.5, 0.6) is 0 Å². The van der Waals surface area contributed by atoms with Gasteiger partial charge in [-0.1, -0.05) is 0 Å². The van der Waals surface area contributed by atoms with Crippen molar-refractivity contribution in [3.8, 4) is 0 Å². The zero-order valence-corrected chi connectivity index (χ0v) is 9.43. The Morgan fingerprint density at radius 2 is 1.94 bits per heavy atom. The van der Waals surface area contributed by atoms with Crippen LogP contribution in [0.3, 0.4) is 0 Å². The first-order valence-corrected chi connectivity index (χ1v) is 5.89. The van der Waals surface area contributed by atoms with Crippen molar-refractivity contribution in [3.05, 3.63) is 0 Å². The van der Waals surface area contributed by atoms with Crippen molar-refractivity contribution in [2.45, 2.75) is 18.9 Å². The fourth-order valence-electron chi connectivity index (χ4n) is 2.37. The van der Waals surface area contributed by atoms with Gasteiger partial charge in [0.15, 0.2) is 0 Å². The van der Waals surface area contributed by atoms with E-state index in [2.05, 4.69) is 4.90 Å². The highest BCUT2D eigenvalue weighted by molar-refractivity contribution is 5.70. The van der Waals surface area contributed by atoms with Crippen molar-refractivity contribution in [1.29, 1.82) is 0 Å². The first-order valence-electron chi connectivity index (χ1n) is 5.89. The van der Waals surface area contributed by atoms with Gasteiger partial charge >= 0.3 is 5.97 Å². The summed E-state index contributed by atoms with van der Waals surface area (Å²) < 4.78 is 10.7. The number of aliphatic carboxylic acids is 1. The molecule has 0 radical (unpaired) electrons. The maximum Gasteiger partial charge on any atom is 0.310 e. The fraction of sp³-hybridized carbons (Fsp3) is 0.909. The second-order valence-electron chi connectivity index (χ2n) is 4.45. The van der Waals surface area contributed by atoms with Gasteiger partial charge in [-0.3, -0.25) is 9.69 Å². The van der Waals surface area contributed by atoms with Crippen molar-refractivity contribution in [3.63, 3.8) is 0 Å². The lowest BCUT2D eigenvalue weighted by Gasteiger charge is -2.33. The van der Waals surface area contributed by atoms with Gasteiger partial charge in [0, 0.05) is 32.3 Å². The van der Waals surface area contributed by atoms with Gasteiger partial charge in [0.25, 0.3) is 0 Å². The van der Waals surface area contributed by atoms with Crippen LogP contribution in [0.15, 0.2) is 0 Å². The average molecular weight is 229 g/mol. The van der Waals surface area contributed by atoms with Gasteiger partial charge in [0.1, 0.15) is 0 Å². The van der Waals surface area contributed by atoms with Crippen LogP contribution in [0.4, 0.5) is 0 Å². The quantitative estimate of drug-likeness (QED) is 0.733. The maximum atomic E-state index is 11.0. The molecule has 92 valence electrons. The van der Waals surface area contributed by atoms with Gasteiger partial charge < -0.3 is 14.6 Å². The molecule has 2 rings (SSSR count). The third-order valence-electron chi connectivity index (χ3n) is 3.35. The van der Waals surface area contributed by atoms with E-state index in [9.17, 15) is 4.79 Å². The summed E-state index contributed by atoms with van der Waals surface area (Å²) in [7, 11) is 0. The number of hydrogen-bond donors (Lipinski definition) is 1. The van der Waals surface area contributed by atoms with Gasteiger partial charge in [-0.2, -0.15) is 0 Å². The van der Waals surface area contributed by atoms with Crippen molar-refractivity contribution < 1.29 is 19.4 Å². The zero-order chi connectivity index (χ0) is 11.4. The molecule has 0 aromatic carbocycles. The lowest BCUT2D eigenvalue weighted by molar-refractivity contribution is -0.143. The summed E-state index contributed by atoms with van der Waals surface area (Å²) in [6.07, 6.45) is 2.01. The summed E-state index contributed by atoms with van der Waals surface area (Å²) in [6.45, 7) is 4.02. The Morgan fingerprint density at radius 3 is 2.62 bits per heavy atom. The second kappa shape index (κ2) is 5.61. The van der Waals surface area contributed by atoms with Gasteiger partial charge in [-0.25, -0.2) is 0 Å². The minimum Gasteiger partial charge on any atom is -0.481 e. The Morgan fingerprint density at radius 1 is 1.19 bits per heavy atom. The van der Waals surface area contributed by atoms with E-state index in [1.807, 2.05) is 0 Å². The number of nitrogens with zero attached hydrogens (tertiary/aromatic N) is 1. The molecule has 5 nitrogen and oxygen atoms in total. The van der Waals surface area contributed by atoms with Crippen LogP contribution in [0.25, 0.3) is 0 Å². The summed E-state index contributed by atoms with van der Waals surface area (Å²) in [6, 6.07) is 0.470. The van der Waals surface area contributed by atoms with E-state index < -0.39 is 5.97 Å². The summed E-state index contributed by atoms with van der Waals surface area (Å²) >= 11 is 0. The highest BCUT2D eigenvalue weighted by atomic mass is 16.5. The number of carboxylic acid groups (broad SMARTS) is 1. The van der Waals surface area contributed by atoms with E-state index in [1.54, 1.807) is 0 Å². The van der Waals surface area contributed by atoms with Gasteiger partial charge in [-0.15, -0.1) is 0 Å². The molecule has 0 aromatic rings. The second-order valence-corrected chi connectivity index (χ2v) is 4.45. The molecule has 2 aliphatic rings. The average Bonchev–Trinajstić information content (AvgIpc) is 2.56. The van der Waals surface area contributed by atoms with E-state index in [1.165, 1.54) is 0 Å². The molecule has 5 heteroatoms. The van der Waals surface area contributed by atoms with E-state index >= 15 is 0 Å². The van der Waals surface area contributed by atoms with Crippen LogP contribution in [-0.4, -0.2) is 61.5 Å². The third-order valence-corrected chi connectivity index (χ3v) is 3.35. The van der Waals surface area contributed by atoms with Gasteiger partial charge in [0.05, 0.1) is 19.1 Å². The predicted molar refractivity (Wildman–Crippen MR) is 57.4 cm³/mol. The fourth-order valence-corrected chi connectivity index (χ4v) is 2.37. The Kier molecular flexibility index (Phi) is 4.15. The topological polar surface area (TPSA) is 59.0 Å². The summed E-state index contributed by atoms with van der Waals surface area (Å²) in [5.41, 5.74) is 0. The van der Waals surface area contributed by atoms with Crippen LogP contribution in [0.1, 0.15) is 12.8 Å². The minimum absolute atomic E-state index is 0.342. The molecule has 1 N–H and O–H groups in total. The van der Waals surface area contributed by atoms with E-state index in [4.69, 9.17) is 14.6 Å². The van der Waals surface area contributed by atoms with Gasteiger partial charge in [-0.05, 0) is 12.8 Å². The van der Waals surface area contributed by atoms with Crippen LogP contribution in [0.2, 0.25) is 0 Å². The Bertz CT molecular complexity index is 240. The SMILES string of the molecule is O=C(O)C1COCCN(C2CCOCC2)C1. The number of rotatable bonds is 2. The molecule has 2 fully saturated rings. The standard InChI is InChI=1S/C11H19NO4/c13-11(14)9-7-12(3-6-16-8-9)10-1-4-15-5-2-10/h9-10H,1-8H2,(H,13,14). The zero-order valence-electron chi connectivity index (χ0n) is 9.43.